The molecule has 160 valence electrons. The van der Waals surface area contributed by atoms with Gasteiger partial charge in [0.05, 0.1) is 6.10 Å². The summed E-state index contributed by atoms with van der Waals surface area (Å²) in [5.41, 5.74) is 1.07. The fraction of sp³-hybridized carbons (Fsp3) is 0.636. The SMILES string of the molecule is CN(C)C(=O)c1ccc(C2CCC(OCC3CCN(C(=O)O)CC3)CC2)c(F)c1. The summed E-state index contributed by atoms with van der Waals surface area (Å²) in [5.74, 6) is 0.0914. The van der Waals surface area contributed by atoms with Crippen molar-refractivity contribution in [2.75, 3.05) is 33.8 Å². The van der Waals surface area contributed by atoms with Crippen LogP contribution in [0.4, 0.5) is 9.18 Å². The number of carboxylic acid groups (broad SMARTS) is 1. The monoisotopic (exact) mass is 406 g/mol. The lowest BCUT2D eigenvalue weighted by Crippen LogP contribution is -2.39. The zero-order chi connectivity index (χ0) is 21.0. The van der Waals surface area contributed by atoms with Gasteiger partial charge in [-0.25, -0.2) is 9.18 Å². The van der Waals surface area contributed by atoms with E-state index in [1.165, 1.54) is 15.9 Å². The second-order valence-corrected chi connectivity index (χ2v) is 8.46. The van der Waals surface area contributed by atoms with Crippen LogP contribution in [0.3, 0.4) is 0 Å². The van der Waals surface area contributed by atoms with Crippen molar-refractivity contribution in [1.82, 2.24) is 9.80 Å². The normalized spacial score (nSPS) is 23.1. The van der Waals surface area contributed by atoms with Crippen LogP contribution in [0.1, 0.15) is 60.4 Å². The Kier molecular flexibility index (Phi) is 7.11. The number of benzene rings is 1. The van der Waals surface area contributed by atoms with Crippen molar-refractivity contribution in [3.8, 4) is 0 Å². The lowest BCUT2D eigenvalue weighted by atomic mass is 9.82. The van der Waals surface area contributed by atoms with Crippen LogP contribution >= 0.6 is 0 Å². The predicted octanol–water partition coefficient (Wildman–Crippen LogP) is 3.96. The van der Waals surface area contributed by atoms with E-state index in [2.05, 4.69) is 0 Å². The van der Waals surface area contributed by atoms with Gasteiger partial charge >= 0.3 is 6.09 Å². The third-order valence-corrected chi connectivity index (χ3v) is 6.22. The number of piperidine rings is 1. The molecule has 29 heavy (non-hydrogen) atoms. The topological polar surface area (TPSA) is 70.1 Å². The quantitative estimate of drug-likeness (QED) is 0.804. The summed E-state index contributed by atoms with van der Waals surface area (Å²) in [6, 6.07) is 4.82. The van der Waals surface area contributed by atoms with Crippen LogP contribution in [-0.2, 0) is 4.74 Å². The molecule has 2 amide bonds. The highest BCUT2D eigenvalue weighted by Gasteiger charge is 2.27. The van der Waals surface area contributed by atoms with Crippen molar-refractivity contribution >= 4 is 12.0 Å². The molecule has 0 aromatic heterocycles. The van der Waals surface area contributed by atoms with Gasteiger partial charge in [-0.3, -0.25) is 4.79 Å². The Morgan fingerprint density at radius 2 is 1.79 bits per heavy atom. The van der Waals surface area contributed by atoms with Crippen LogP contribution in [0, 0.1) is 11.7 Å². The number of amides is 2. The van der Waals surface area contributed by atoms with Gasteiger partial charge in [-0.2, -0.15) is 0 Å². The summed E-state index contributed by atoms with van der Waals surface area (Å²) in [6.07, 6.45) is 4.61. The first-order valence-corrected chi connectivity index (χ1v) is 10.5. The second-order valence-electron chi connectivity index (χ2n) is 8.46. The molecule has 1 saturated heterocycles. The van der Waals surface area contributed by atoms with Gasteiger partial charge in [0.25, 0.3) is 5.91 Å². The van der Waals surface area contributed by atoms with Crippen molar-refractivity contribution in [2.24, 2.45) is 5.92 Å². The van der Waals surface area contributed by atoms with Crippen LogP contribution in [0.15, 0.2) is 18.2 Å². The average Bonchev–Trinajstić information content (AvgIpc) is 2.72. The van der Waals surface area contributed by atoms with Gasteiger partial charge in [-0.15, -0.1) is 0 Å². The molecule has 0 bridgehead atoms. The molecule has 0 atom stereocenters. The van der Waals surface area contributed by atoms with Crippen molar-refractivity contribution in [3.05, 3.63) is 35.1 Å². The number of hydrogen-bond donors (Lipinski definition) is 1. The van der Waals surface area contributed by atoms with E-state index in [4.69, 9.17) is 9.84 Å². The molecule has 3 rings (SSSR count). The summed E-state index contributed by atoms with van der Waals surface area (Å²) in [4.78, 5) is 25.9. The standard InChI is InChI=1S/C22H31FN2O4/c1-24(2)21(26)17-5-8-19(20(23)13-17)16-3-6-18(7-4-16)29-14-15-9-11-25(12-10-15)22(27)28/h5,8,13,15-16,18H,3-4,6-7,9-12,14H2,1-2H3,(H,27,28). The maximum absolute atomic E-state index is 14.6. The molecule has 6 nitrogen and oxygen atoms in total. The zero-order valence-corrected chi connectivity index (χ0v) is 17.3. The number of carbonyl (C=O) groups excluding carboxylic acids is 1. The van der Waals surface area contributed by atoms with E-state index in [0.717, 1.165) is 38.5 Å². The lowest BCUT2D eigenvalue weighted by Gasteiger charge is -2.33. The molecule has 1 aromatic rings. The fourth-order valence-electron chi connectivity index (χ4n) is 4.35. The van der Waals surface area contributed by atoms with Crippen LogP contribution in [-0.4, -0.2) is 66.8 Å². The zero-order valence-electron chi connectivity index (χ0n) is 17.3. The first kappa shape index (κ1) is 21.6. The number of likely N-dealkylation sites (tertiary alicyclic amines) is 1. The first-order chi connectivity index (χ1) is 13.8. The first-order valence-electron chi connectivity index (χ1n) is 10.5. The van der Waals surface area contributed by atoms with Crippen molar-refractivity contribution in [1.29, 1.82) is 0 Å². The van der Waals surface area contributed by atoms with Gasteiger partial charge in [-0.05, 0) is 68.1 Å². The fourth-order valence-corrected chi connectivity index (χ4v) is 4.35. The molecule has 1 heterocycles. The number of nitrogens with zero attached hydrogens (tertiary/aromatic N) is 2. The Bertz CT molecular complexity index is 724. The predicted molar refractivity (Wildman–Crippen MR) is 108 cm³/mol. The van der Waals surface area contributed by atoms with Gasteiger partial charge in [0, 0.05) is 39.4 Å². The van der Waals surface area contributed by atoms with E-state index in [1.807, 2.05) is 0 Å². The Morgan fingerprint density at radius 1 is 1.14 bits per heavy atom. The number of carbonyl (C=O) groups is 2. The molecule has 2 fully saturated rings. The highest BCUT2D eigenvalue weighted by molar-refractivity contribution is 5.93. The van der Waals surface area contributed by atoms with Crippen LogP contribution in [0.5, 0.6) is 0 Å². The minimum Gasteiger partial charge on any atom is -0.465 e. The molecule has 7 heteroatoms. The van der Waals surface area contributed by atoms with Gasteiger partial charge < -0.3 is 19.6 Å². The average molecular weight is 406 g/mol. The minimum atomic E-state index is -0.839. The van der Waals surface area contributed by atoms with E-state index >= 15 is 0 Å². The van der Waals surface area contributed by atoms with Gasteiger partial charge in [-0.1, -0.05) is 6.07 Å². The van der Waals surface area contributed by atoms with Gasteiger partial charge in [0.2, 0.25) is 0 Å². The van der Waals surface area contributed by atoms with E-state index < -0.39 is 6.09 Å². The van der Waals surface area contributed by atoms with Crippen LogP contribution in [0.2, 0.25) is 0 Å². The minimum absolute atomic E-state index is 0.164. The van der Waals surface area contributed by atoms with Gasteiger partial charge in [0.15, 0.2) is 0 Å². The number of ether oxygens (including phenoxy) is 1. The summed E-state index contributed by atoms with van der Waals surface area (Å²) in [5, 5.41) is 9.01. The third-order valence-electron chi connectivity index (χ3n) is 6.22. The Balaban J connectivity index is 1.45. The van der Waals surface area contributed by atoms with E-state index in [1.54, 1.807) is 26.2 Å². The maximum atomic E-state index is 14.6. The summed E-state index contributed by atoms with van der Waals surface area (Å²) < 4.78 is 20.7. The second kappa shape index (κ2) is 9.57. The third kappa shape index (κ3) is 5.47. The molecule has 1 saturated carbocycles. The van der Waals surface area contributed by atoms with Gasteiger partial charge in [0.1, 0.15) is 5.82 Å². The number of rotatable bonds is 5. The summed E-state index contributed by atoms with van der Waals surface area (Å²) in [6.45, 7) is 1.85. The molecule has 0 unspecified atom stereocenters. The molecular formula is C22H31FN2O4. The molecule has 1 aromatic carbocycles. The molecule has 0 radical (unpaired) electrons. The van der Waals surface area contributed by atoms with E-state index in [-0.39, 0.29) is 23.7 Å². The number of halogens is 1. The molecule has 2 aliphatic rings. The summed E-state index contributed by atoms with van der Waals surface area (Å²) in [7, 11) is 3.32. The maximum Gasteiger partial charge on any atom is 0.407 e. The van der Waals surface area contributed by atoms with Crippen molar-refractivity contribution < 1.29 is 23.8 Å². The highest BCUT2D eigenvalue weighted by Crippen LogP contribution is 2.36. The number of hydrogen-bond acceptors (Lipinski definition) is 3. The Morgan fingerprint density at radius 3 is 2.34 bits per heavy atom. The van der Waals surface area contributed by atoms with Crippen LogP contribution < -0.4 is 0 Å². The Labute approximate surface area is 171 Å². The summed E-state index contributed by atoms with van der Waals surface area (Å²) >= 11 is 0. The molecule has 1 aliphatic heterocycles. The molecule has 1 aliphatic carbocycles. The molecular weight excluding hydrogens is 375 g/mol. The molecule has 1 N–H and O–H groups in total. The largest absolute Gasteiger partial charge is 0.465 e. The smallest absolute Gasteiger partial charge is 0.407 e. The Hall–Kier alpha value is -2.15. The van der Waals surface area contributed by atoms with E-state index in [9.17, 15) is 14.0 Å². The highest BCUT2D eigenvalue weighted by atomic mass is 19.1. The lowest BCUT2D eigenvalue weighted by molar-refractivity contribution is -0.00686. The van der Waals surface area contributed by atoms with E-state index in [0.29, 0.717) is 36.7 Å². The van der Waals surface area contributed by atoms with Crippen molar-refractivity contribution in [3.63, 3.8) is 0 Å². The van der Waals surface area contributed by atoms with Crippen LogP contribution in [0.25, 0.3) is 0 Å². The molecule has 0 spiro atoms. The van der Waals surface area contributed by atoms with Crippen molar-refractivity contribution in [2.45, 2.75) is 50.5 Å².